The van der Waals surface area contributed by atoms with Gasteiger partial charge in [-0.25, -0.2) is 0 Å². The zero-order valence-corrected chi connectivity index (χ0v) is 10.8. The Labute approximate surface area is 112 Å². The first-order valence-corrected chi connectivity index (χ1v) is 6.71. The van der Waals surface area contributed by atoms with Crippen LogP contribution in [0.4, 0.5) is 5.95 Å². The summed E-state index contributed by atoms with van der Waals surface area (Å²) < 4.78 is 5.28. The quantitative estimate of drug-likeness (QED) is 0.907. The van der Waals surface area contributed by atoms with Crippen molar-refractivity contribution in [3.63, 3.8) is 0 Å². The lowest BCUT2D eigenvalue weighted by atomic mass is 10.1. The molecule has 1 atom stereocenters. The standard InChI is InChI=1S/C14H18N4O/c15-12(10-11-6-2-1-3-7-11)13-16-14(17-19-13)18-8-4-5-9-18/h1-3,6-7,12H,4-5,8-10,15H2/t12-/m0/s1. The van der Waals surface area contributed by atoms with Gasteiger partial charge < -0.3 is 15.2 Å². The zero-order chi connectivity index (χ0) is 13.1. The second kappa shape index (κ2) is 5.40. The van der Waals surface area contributed by atoms with E-state index < -0.39 is 0 Å². The van der Waals surface area contributed by atoms with Crippen molar-refractivity contribution < 1.29 is 4.52 Å². The fourth-order valence-electron chi connectivity index (χ4n) is 2.38. The van der Waals surface area contributed by atoms with Gasteiger partial charge in [0, 0.05) is 13.1 Å². The third kappa shape index (κ3) is 2.76. The minimum absolute atomic E-state index is 0.244. The van der Waals surface area contributed by atoms with Gasteiger partial charge in [-0.2, -0.15) is 4.98 Å². The van der Waals surface area contributed by atoms with Crippen LogP contribution in [-0.4, -0.2) is 23.2 Å². The van der Waals surface area contributed by atoms with E-state index in [1.807, 2.05) is 18.2 Å². The molecule has 1 aliphatic heterocycles. The average molecular weight is 258 g/mol. The summed E-state index contributed by atoms with van der Waals surface area (Å²) in [7, 11) is 0. The molecule has 0 unspecified atom stereocenters. The third-order valence-electron chi connectivity index (χ3n) is 3.44. The number of hydrogen-bond donors (Lipinski definition) is 1. The molecule has 0 amide bonds. The molecule has 19 heavy (non-hydrogen) atoms. The van der Waals surface area contributed by atoms with Crippen LogP contribution in [0.5, 0.6) is 0 Å². The Morgan fingerprint density at radius 2 is 1.95 bits per heavy atom. The van der Waals surface area contributed by atoms with Crippen molar-refractivity contribution >= 4 is 5.95 Å². The van der Waals surface area contributed by atoms with Gasteiger partial charge in [-0.15, -0.1) is 0 Å². The van der Waals surface area contributed by atoms with E-state index in [0.717, 1.165) is 13.1 Å². The summed E-state index contributed by atoms with van der Waals surface area (Å²) in [6.45, 7) is 2.01. The topological polar surface area (TPSA) is 68.2 Å². The lowest BCUT2D eigenvalue weighted by Crippen LogP contribution is -2.19. The molecule has 0 bridgehead atoms. The maximum Gasteiger partial charge on any atom is 0.266 e. The Balaban J connectivity index is 1.68. The predicted molar refractivity (Wildman–Crippen MR) is 72.8 cm³/mol. The van der Waals surface area contributed by atoms with E-state index in [9.17, 15) is 0 Å². The van der Waals surface area contributed by atoms with E-state index in [2.05, 4.69) is 27.2 Å². The molecule has 5 nitrogen and oxygen atoms in total. The Hall–Kier alpha value is -1.88. The molecular formula is C14H18N4O. The van der Waals surface area contributed by atoms with Crippen LogP contribution in [0.15, 0.2) is 34.9 Å². The van der Waals surface area contributed by atoms with Crippen molar-refractivity contribution in [3.8, 4) is 0 Å². The monoisotopic (exact) mass is 258 g/mol. The Kier molecular flexibility index (Phi) is 3.46. The summed E-state index contributed by atoms with van der Waals surface area (Å²) in [5, 5.41) is 4.02. The SMILES string of the molecule is N[C@@H](Cc1ccccc1)c1nc(N2CCCC2)no1. The summed E-state index contributed by atoms with van der Waals surface area (Å²) in [5.41, 5.74) is 7.30. The molecule has 5 heteroatoms. The molecule has 0 aliphatic carbocycles. The minimum Gasteiger partial charge on any atom is -0.338 e. The molecule has 1 aliphatic rings. The van der Waals surface area contributed by atoms with Gasteiger partial charge in [0.15, 0.2) is 0 Å². The lowest BCUT2D eigenvalue weighted by Gasteiger charge is -2.10. The number of hydrogen-bond acceptors (Lipinski definition) is 5. The zero-order valence-electron chi connectivity index (χ0n) is 10.8. The maximum absolute atomic E-state index is 6.12. The number of nitrogens with zero attached hydrogens (tertiary/aromatic N) is 3. The minimum atomic E-state index is -0.244. The van der Waals surface area contributed by atoms with Crippen LogP contribution >= 0.6 is 0 Å². The van der Waals surface area contributed by atoms with Crippen LogP contribution in [0.25, 0.3) is 0 Å². The van der Waals surface area contributed by atoms with E-state index in [1.165, 1.54) is 18.4 Å². The summed E-state index contributed by atoms with van der Waals surface area (Å²) in [4.78, 5) is 6.55. The van der Waals surface area contributed by atoms with E-state index in [0.29, 0.717) is 18.3 Å². The molecule has 100 valence electrons. The number of aromatic nitrogens is 2. The summed E-state index contributed by atoms with van der Waals surface area (Å²) in [5.74, 6) is 1.20. The molecule has 1 fully saturated rings. The van der Waals surface area contributed by atoms with Crippen molar-refractivity contribution in [3.05, 3.63) is 41.8 Å². The summed E-state index contributed by atoms with van der Waals surface area (Å²) in [6, 6.07) is 9.87. The van der Waals surface area contributed by atoms with Gasteiger partial charge in [0.2, 0.25) is 5.89 Å². The van der Waals surface area contributed by atoms with Gasteiger partial charge in [-0.05, 0) is 30.0 Å². The molecule has 3 rings (SSSR count). The van der Waals surface area contributed by atoms with Crippen LogP contribution in [0.2, 0.25) is 0 Å². The van der Waals surface area contributed by atoms with Crippen molar-refractivity contribution in [2.75, 3.05) is 18.0 Å². The fourth-order valence-corrected chi connectivity index (χ4v) is 2.38. The van der Waals surface area contributed by atoms with E-state index in [4.69, 9.17) is 10.3 Å². The predicted octanol–water partition coefficient (Wildman–Crippen LogP) is 1.91. The van der Waals surface area contributed by atoms with Crippen LogP contribution in [0.1, 0.15) is 30.3 Å². The number of nitrogens with two attached hydrogens (primary N) is 1. The number of rotatable bonds is 4. The van der Waals surface area contributed by atoms with Crippen LogP contribution in [0, 0.1) is 0 Å². The second-order valence-corrected chi connectivity index (χ2v) is 4.92. The second-order valence-electron chi connectivity index (χ2n) is 4.92. The van der Waals surface area contributed by atoms with Crippen LogP contribution < -0.4 is 10.6 Å². The molecule has 1 saturated heterocycles. The average Bonchev–Trinajstić information content (AvgIpc) is 3.11. The molecule has 0 saturated carbocycles. The highest BCUT2D eigenvalue weighted by Crippen LogP contribution is 2.20. The molecule has 1 aromatic carbocycles. The Bertz CT molecular complexity index is 519. The number of anilines is 1. The number of benzene rings is 1. The van der Waals surface area contributed by atoms with Crippen molar-refractivity contribution in [2.24, 2.45) is 5.73 Å². The molecule has 1 aromatic heterocycles. The van der Waals surface area contributed by atoms with Gasteiger partial charge in [-0.3, -0.25) is 0 Å². The fraction of sp³-hybridized carbons (Fsp3) is 0.429. The van der Waals surface area contributed by atoms with Crippen molar-refractivity contribution in [2.45, 2.75) is 25.3 Å². The van der Waals surface area contributed by atoms with Crippen molar-refractivity contribution in [1.82, 2.24) is 10.1 Å². The first-order chi connectivity index (χ1) is 9.33. The van der Waals surface area contributed by atoms with Gasteiger partial charge in [-0.1, -0.05) is 30.3 Å². The normalized spacial score (nSPS) is 16.8. The third-order valence-corrected chi connectivity index (χ3v) is 3.44. The first kappa shape index (κ1) is 12.2. The smallest absolute Gasteiger partial charge is 0.266 e. The molecule has 2 aromatic rings. The Morgan fingerprint density at radius 1 is 1.21 bits per heavy atom. The summed E-state index contributed by atoms with van der Waals surface area (Å²) in [6.07, 6.45) is 3.10. The van der Waals surface area contributed by atoms with E-state index in [-0.39, 0.29) is 6.04 Å². The van der Waals surface area contributed by atoms with Gasteiger partial charge in [0.1, 0.15) is 0 Å². The van der Waals surface area contributed by atoms with Gasteiger partial charge in [0.25, 0.3) is 5.95 Å². The largest absolute Gasteiger partial charge is 0.338 e. The molecular weight excluding hydrogens is 240 g/mol. The van der Waals surface area contributed by atoms with Gasteiger partial charge in [0.05, 0.1) is 6.04 Å². The van der Waals surface area contributed by atoms with Crippen LogP contribution in [0.3, 0.4) is 0 Å². The first-order valence-electron chi connectivity index (χ1n) is 6.71. The van der Waals surface area contributed by atoms with Gasteiger partial charge >= 0.3 is 0 Å². The highest BCUT2D eigenvalue weighted by molar-refractivity contribution is 5.29. The molecule has 2 heterocycles. The highest BCUT2D eigenvalue weighted by atomic mass is 16.5. The Morgan fingerprint density at radius 3 is 2.68 bits per heavy atom. The highest BCUT2D eigenvalue weighted by Gasteiger charge is 2.20. The lowest BCUT2D eigenvalue weighted by molar-refractivity contribution is 0.353. The molecule has 0 spiro atoms. The maximum atomic E-state index is 6.12. The van der Waals surface area contributed by atoms with Crippen molar-refractivity contribution in [1.29, 1.82) is 0 Å². The van der Waals surface area contributed by atoms with E-state index >= 15 is 0 Å². The summed E-state index contributed by atoms with van der Waals surface area (Å²) >= 11 is 0. The molecule has 0 radical (unpaired) electrons. The van der Waals surface area contributed by atoms with Crippen LogP contribution in [-0.2, 0) is 6.42 Å². The van der Waals surface area contributed by atoms with E-state index in [1.54, 1.807) is 0 Å². The molecule has 2 N–H and O–H groups in total.